The van der Waals surface area contributed by atoms with E-state index in [0.29, 0.717) is 28.2 Å². The summed E-state index contributed by atoms with van der Waals surface area (Å²) in [6.45, 7) is 0.209. The van der Waals surface area contributed by atoms with Gasteiger partial charge in [-0.15, -0.1) is 0 Å². The van der Waals surface area contributed by atoms with Crippen molar-refractivity contribution in [3.63, 3.8) is 0 Å². The summed E-state index contributed by atoms with van der Waals surface area (Å²) in [6, 6.07) is 9.31. The molecule has 1 saturated carbocycles. The molecule has 0 atom stereocenters. The summed E-state index contributed by atoms with van der Waals surface area (Å²) in [5.41, 5.74) is 7.98. The number of carbonyl (C=O) groups excluding carboxylic acids is 2. The Balaban J connectivity index is 1.60. The number of fused-ring (bicyclic) bond motifs is 3. The molecular weight excluding hydrogens is 430 g/mol. The van der Waals surface area contributed by atoms with Crippen molar-refractivity contribution in [2.45, 2.75) is 25.3 Å². The number of nitrogens with one attached hydrogen (secondary N) is 2. The van der Waals surface area contributed by atoms with E-state index in [4.69, 9.17) is 5.73 Å². The molecular formula is C23H20F2N6O2. The molecule has 0 unspecified atom stereocenters. The van der Waals surface area contributed by atoms with Gasteiger partial charge in [0.1, 0.15) is 0 Å². The Hall–Kier alpha value is -4.08. The predicted octanol–water partition coefficient (Wildman–Crippen LogP) is 3.01. The number of nitrogens with zero attached hydrogens (tertiary/aromatic N) is 3. The van der Waals surface area contributed by atoms with E-state index >= 15 is 0 Å². The fourth-order valence-electron chi connectivity index (χ4n) is 3.64. The van der Waals surface area contributed by atoms with Crippen LogP contribution < -0.4 is 16.4 Å². The number of hydrogen-bond acceptors (Lipinski definition) is 5. The van der Waals surface area contributed by atoms with E-state index < -0.39 is 17.5 Å². The number of carbonyl (C=O) groups is 2. The molecule has 0 spiro atoms. The van der Waals surface area contributed by atoms with Crippen molar-refractivity contribution in [1.82, 2.24) is 19.7 Å². The number of hydrogen-bond donors (Lipinski definition) is 3. The van der Waals surface area contributed by atoms with Crippen molar-refractivity contribution in [3.05, 3.63) is 59.8 Å². The molecule has 0 saturated heterocycles. The fraction of sp³-hybridized carbons (Fsp3) is 0.217. The summed E-state index contributed by atoms with van der Waals surface area (Å²) in [5.74, 6) is -2.34. The zero-order valence-corrected chi connectivity index (χ0v) is 17.4. The highest BCUT2D eigenvalue weighted by molar-refractivity contribution is 5.95. The van der Waals surface area contributed by atoms with Crippen molar-refractivity contribution in [3.8, 4) is 11.3 Å². The molecule has 0 aliphatic heterocycles. The van der Waals surface area contributed by atoms with E-state index in [1.165, 1.54) is 0 Å². The van der Waals surface area contributed by atoms with Gasteiger partial charge in [0.05, 0.1) is 22.9 Å². The highest BCUT2D eigenvalue weighted by Crippen LogP contribution is 2.30. The molecule has 168 valence electrons. The Morgan fingerprint density at radius 2 is 1.85 bits per heavy atom. The minimum Gasteiger partial charge on any atom is -0.370 e. The van der Waals surface area contributed by atoms with E-state index in [2.05, 4.69) is 20.6 Å². The number of benzene rings is 2. The van der Waals surface area contributed by atoms with E-state index in [-0.39, 0.29) is 30.4 Å². The number of primary amides is 1. The number of anilines is 1. The molecule has 2 heterocycles. The zero-order valence-electron chi connectivity index (χ0n) is 17.4. The third-order valence-electron chi connectivity index (χ3n) is 5.48. The van der Waals surface area contributed by atoms with E-state index in [0.717, 1.165) is 30.5 Å². The third kappa shape index (κ3) is 4.07. The van der Waals surface area contributed by atoms with E-state index in [1.54, 1.807) is 34.9 Å². The number of nitrogens with two attached hydrogens (primary N) is 1. The van der Waals surface area contributed by atoms with Gasteiger partial charge in [-0.25, -0.2) is 18.7 Å². The van der Waals surface area contributed by atoms with Crippen molar-refractivity contribution in [2.75, 3.05) is 11.9 Å². The lowest BCUT2D eigenvalue weighted by atomic mass is 10.1. The molecule has 2 aromatic carbocycles. The number of aromatic nitrogens is 3. The van der Waals surface area contributed by atoms with Gasteiger partial charge in [-0.1, -0.05) is 12.1 Å². The number of halogens is 2. The number of imidazole rings is 1. The Bertz CT molecular complexity index is 1400. The smallest absolute Gasteiger partial charge is 0.251 e. The Kier molecular flexibility index (Phi) is 5.12. The normalized spacial score (nSPS) is 13.4. The van der Waals surface area contributed by atoms with Crippen molar-refractivity contribution >= 4 is 34.3 Å². The first-order chi connectivity index (χ1) is 15.9. The van der Waals surface area contributed by atoms with Gasteiger partial charge < -0.3 is 16.4 Å². The third-order valence-corrected chi connectivity index (χ3v) is 5.48. The zero-order chi connectivity index (χ0) is 23.1. The van der Waals surface area contributed by atoms with Gasteiger partial charge in [0.2, 0.25) is 5.91 Å². The van der Waals surface area contributed by atoms with Crippen LogP contribution in [0.5, 0.6) is 0 Å². The lowest BCUT2D eigenvalue weighted by Crippen LogP contribution is -2.25. The molecule has 8 nitrogen and oxygen atoms in total. The quantitative estimate of drug-likeness (QED) is 0.401. The second kappa shape index (κ2) is 8.12. The Morgan fingerprint density at radius 1 is 1.12 bits per heavy atom. The minimum absolute atomic E-state index is 0.0710. The average molecular weight is 450 g/mol. The van der Waals surface area contributed by atoms with E-state index in [9.17, 15) is 18.4 Å². The Labute approximate surface area is 186 Å². The molecule has 5 rings (SSSR count). The predicted molar refractivity (Wildman–Crippen MR) is 119 cm³/mol. The summed E-state index contributed by atoms with van der Waals surface area (Å²) in [6.07, 6.45) is 3.66. The van der Waals surface area contributed by atoms with E-state index in [1.807, 2.05) is 0 Å². The molecule has 4 N–H and O–H groups in total. The molecule has 4 aromatic rings. The SMILES string of the molecule is NC(=O)CCNc1nc2cc(F)c(F)cc2n2c(-c3ccc(C(=O)NC4CC4)cc3)cnc12. The molecule has 2 aromatic heterocycles. The van der Waals surface area contributed by atoms with Gasteiger partial charge >= 0.3 is 0 Å². The van der Waals surface area contributed by atoms with Crippen LogP contribution in [0.2, 0.25) is 0 Å². The summed E-state index contributed by atoms with van der Waals surface area (Å²) in [7, 11) is 0. The first-order valence-corrected chi connectivity index (χ1v) is 10.5. The molecule has 2 amide bonds. The Morgan fingerprint density at radius 3 is 2.55 bits per heavy atom. The van der Waals surface area contributed by atoms with Crippen LogP contribution in [-0.2, 0) is 4.79 Å². The molecule has 33 heavy (non-hydrogen) atoms. The van der Waals surface area contributed by atoms with Crippen LogP contribution in [0, 0.1) is 11.6 Å². The molecule has 1 fully saturated rings. The maximum Gasteiger partial charge on any atom is 0.251 e. The van der Waals surface area contributed by atoms with Crippen LogP contribution in [0.3, 0.4) is 0 Å². The number of amides is 2. The molecule has 0 bridgehead atoms. The summed E-state index contributed by atoms with van der Waals surface area (Å²) in [5, 5.41) is 5.94. The molecule has 1 aliphatic rings. The van der Waals surface area contributed by atoms with Crippen molar-refractivity contribution in [2.24, 2.45) is 5.73 Å². The maximum absolute atomic E-state index is 14.1. The topological polar surface area (TPSA) is 114 Å². The van der Waals surface area contributed by atoms with Crippen LogP contribution in [0.4, 0.5) is 14.6 Å². The van der Waals surface area contributed by atoms with Gasteiger partial charge in [-0.3, -0.25) is 14.0 Å². The highest BCUT2D eigenvalue weighted by Gasteiger charge is 2.24. The fourth-order valence-corrected chi connectivity index (χ4v) is 3.64. The molecule has 0 radical (unpaired) electrons. The van der Waals surface area contributed by atoms with Crippen molar-refractivity contribution < 1.29 is 18.4 Å². The van der Waals surface area contributed by atoms with Crippen molar-refractivity contribution in [1.29, 1.82) is 0 Å². The van der Waals surface area contributed by atoms with Gasteiger partial charge in [0.25, 0.3) is 5.91 Å². The van der Waals surface area contributed by atoms with Gasteiger partial charge in [0.15, 0.2) is 23.1 Å². The maximum atomic E-state index is 14.1. The highest BCUT2D eigenvalue weighted by atomic mass is 19.2. The molecule has 1 aliphatic carbocycles. The monoisotopic (exact) mass is 450 g/mol. The lowest BCUT2D eigenvalue weighted by Gasteiger charge is -2.12. The standard InChI is InChI=1S/C23H20F2N6O2/c24-15-9-17-18(10-16(15)25)31-19(11-28-22(31)21(30-17)27-8-7-20(26)32)12-1-3-13(4-2-12)23(33)29-14-5-6-14/h1-4,9-11,14H,5-8H2,(H2,26,32)(H,27,30)(H,29,33). The van der Waals surface area contributed by atoms with Crippen LogP contribution >= 0.6 is 0 Å². The minimum atomic E-state index is -1.02. The summed E-state index contributed by atoms with van der Waals surface area (Å²) >= 11 is 0. The van der Waals surface area contributed by atoms with Gasteiger partial charge in [0, 0.05) is 42.3 Å². The second-order valence-corrected chi connectivity index (χ2v) is 7.99. The molecule has 10 heteroatoms. The average Bonchev–Trinajstić information content (AvgIpc) is 3.49. The van der Waals surface area contributed by atoms with Gasteiger partial charge in [-0.2, -0.15) is 0 Å². The van der Waals surface area contributed by atoms with Crippen LogP contribution in [0.15, 0.2) is 42.6 Å². The first kappa shape index (κ1) is 20.8. The largest absolute Gasteiger partial charge is 0.370 e. The second-order valence-electron chi connectivity index (χ2n) is 7.99. The van der Waals surface area contributed by atoms with Crippen LogP contribution in [-0.4, -0.2) is 38.8 Å². The lowest BCUT2D eigenvalue weighted by molar-refractivity contribution is -0.117. The van der Waals surface area contributed by atoms with Crippen LogP contribution in [0.1, 0.15) is 29.6 Å². The summed E-state index contributed by atoms with van der Waals surface area (Å²) in [4.78, 5) is 32.2. The van der Waals surface area contributed by atoms with Crippen LogP contribution in [0.25, 0.3) is 27.9 Å². The number of rotatable bonds is 7. The summed E-state index contributed by atoms with van der Waals surface area (Å²) < 4.78 is 29.7. The first-order valence-electron chi connectivity index (χ1n) is 10.5. The van der Waals surface area contributed by atoms with Gasteiger partial charge in [-0.05, 0) is 25.0 Å².